The van der Waals surface area contributed by atoms with Gasteiger partial charge in [-0.2, -0.15) is 0 Å². The Morgan fingerprint density at radius 2 is 2.35 bits per heavy atom. The molecule has 1 aromatic heterocycles. The fourth-order valence-corrected chi connectivity index (χ4v) is 2.13. The van der Waals surface area contributed by atoms with E-state index < -0.39 is 0 Å². The molecule has 1 fully saturated rings. The zero-order chi connectivity index (χ0) is 12.1. The van der Waals surface area contributed by atoms with Crippen LogP contribution in [0.1, 0.15) is 24.6 Å². The fourth-order valence-electron chi connectivity index (χ4n) is 1.43. The van der Waals surface area contributed by atoms with Gasteiger partial charge in [0.1, 0.15) is 16.8 Å². The molecule has 1 N–H and O–H groups in total. The number of halogens is 1. The summed E-state index contributed by atoms with van der Waals surface area (Å²) < 4.78 is 0. The summed E-state index contributed by atoms with van der Waals surface area (Å²) in [6.45, 7) is 0.837. The standard InChI is InChI=1S/C12H14ClN3S/c1-2-6-17-7-5-14-11-8-10(13)15-12(16-11)9-3-4-9/h1,8-9H,3-7H2,(H,14,15,16). The van der Waals surface area contributed by atoms with E-state index in [4.69, 9.17) is 18.0 Å². The first-order valence-electron chi connectivity index (χ1n) is 5.59. The van der Waals surface area contributed by atoms with Crippen molar-refractivity contribution in [3.8, 4) is 12.3 Å². The minimum absolute atomic E-state index is 0.515. The van der Waals surface area contributed by atoms with Crippen LogP contribution in [0.5, 0.6) is 0 Å². The van der Waals surface area contributed by atoms with Crippen LogP contribution in [0, 0.1) is 12.3 Å². The van der Waals surface area contributed by atoms with Crippen LogP contribution in [-0.4, -0.2) is 28.0 Å². The predicted octanol–water partition coefficient (Wildman–Crippen LogP) is 2.79. The third-order valence-corrected chi connectivity index (χ3v) is 3.45. The van der Waals surface area contributed by atoms with Crippen molar-refractivity contribution in [2.24, 2.45) is 0 Å². The summed E-state index contributed by atoms with van der Waals surface area (Å²) in [7, 11) is 0. The van der Waals surface area contributed by atoms with Gasteiger partial charge in [0.2, 0.25) is 0 Å². The van der Waals surface area contributed by atoms with Gasteiger partial charge in [-0.25, -0.2) is 9.97 Å². The van der Waals surface area contributed by atoms with Gasteiger partial charge in [0.25, 0.3) is 0 Å². The number of terminal acetylenes is 1. The van der Waals surface area contributed by atoms with Crippen LogP contribution in [0.3, 0.4) is 0 Å². The van der Waals surface area contributed by atoms with Crippen LogP contribution in [0.15, 0.2) is 6.07 Å². The quantitative estimate of drug-likeness (QED) is 0.489. The van der Waals surface area contributed by atoms with Crippen molar-refractivity contribution in [3.05, 3.63) is 17.0 Å². The van der Waals surface area contributed by atoms with Crippen LogP contribution in [0.2, 0.25) is 5.15 Å². The zero-order valence-electron chi connectivity index (χ0n) is 9.45. The van der Waals surface area contributed by atoms with Gasteiger partial charge in [-0.3, -0.25) is 0 Å². The number of hydrogen-bond acceptors (Lipinski definition) is 4. The van der Waals surface area contributed by atoms with Gasteiger partial charge in [-0.1, -0.05) is 17.5 Å². The Bertz CT molecular complexity index is 426. The third kappa shape index (κ3) is 4.10. The Balaban J connectivity index is 1.85. The maximum absolute atomic E-state index is 5.96. The third-order valence-electron chi connectivity index (χ3n) is 2.39. The smallest absolute Gasteiger partial charge is 0.135 e. The van der Waals surface area contributed by atoms with Gasteiger partial charge in [-0.15, -0.1) is 18.2 Å². The van der Waals surface area contributed by atoms with Gasteiger partial charge in [-0.05, 0) is 12.8 Å². The van der Waals surface area contributed by atoms with E-state index in [2.05, 4.69) is 21.2 Å². The van der Waals surface area contributed by atoms with Crippen molar-refractivity contribution in [1.29, 1.82) is 0 Å². The highest BCUT2D eigenvalue weighted by atomic mass is 35.5. The van der Waals surface area contributed by atoms with E-state index in [0.29, 0.717) is 11.1 Å². The highest BCUT2D eigenvalue weighted by Gasteiger charge is 2.27. The second-order valence-electron chi connectivity index (χ2n) is 3.89. The Morgan fingerprint density at radius 1 is 1.53 bits per heavy atom. The summed E-state index contributed by atoms with van der Waals surface area (Å²) in [6, 6.07) is 1.76. The molecule has 1 saturated carbocycles. The first kappa shape index (κ1) is 12.5. The molecule has 3 nitrogen and oxygen atoms in total. The topological polar surface area (TPSA) is 37.8 Å². The summed E-state index contributed by atoms with van der Waals surface area (Å²) in [5, 5.41) is 3.76. The lowest BCUT2D eigenvalue weighted by molar-refractivity contribution is 0.924. The molecule has 0 unspecified atom stereocenters. The van der Waals surface area contributed by atoms with Crippen molar-refractivity contribution in [1.82, 2.24) is 9.97 Å². The highest BCUT2D eigenvalue weighted by molar-refractivity contribution is 7.99. The fraction of sp³-hybridized carbons (Fsp3) is 0.500. The SMILES string of the molecule is C#CCSCCNc1cc(Cl)nc(C2CC2)n1. The summed E-state index contributed by atoms with van der Waals surface area (Å²) >= 11 is 7.69. The van der Waals surface area contributed by atoms with Gasteiger partial charge in [0.15, 0.2) is 0 Å². The van der Waals surface area contributed by atoms with Crippen molar-refractivity contribution in [2.75, 3.05) is 23.4 Å². The molecular weight excluding hydrogens is 254 g/mol. The molecule has 2 rings (SSSR count). The number of aromatic nitrogens is 2. The first-order valence-corrected chi connectivity index (χ1v) is 7.12. The van der Waals surface area contributed by atoms with Gasteiger partial charge < -0.3 is 5.32 Å². The van der Waals surface area contributed by atoms with Crippen molar-refractivity contribution in [2.45, 2.75) is 18.8 Å². The molecule has 1 aliphatic carbocycles. The van der Waals surface area contributed by atoms with Crippen molar-refractivity contribution in [3.63, 3.8) is 0 Å². The van der Waals surface area contributed by atoms with Gasteiger partial charge in [0, 0.05) is 24.3 Å². The van der Waals surface area contributed by atoms with E-state index in [0.717, 1.165) is 29.7 Å². The van der Waals surface area contributed by atoms with E-state index in [1.807, 2.05) is 0 Å². The number of thioether (sulfide) groups is 1. The molecule has 0 spiro atoms. The average Bonchev–Trinajstić information content (AvgIpc) is 3.12. The van der Waals surface area contributed by atoms with E-state index in [1.165, 1.54) is 12.8 Å². The number of rotatable bonds is 6. The molecule has 0 bridgehead atoms. The highest BCUT2D eigenvalue weighted by Crippen LogP contribution is 2.38. The van der Waals surface area contributed by atoms with Crippen LogP contribution >= 0.6 is 23.4 Å². The second kappa shape index (κ2) is 6.13. The normalized spacial score (nSPS) is 14.4. The summed E-state index contributed by atoms with van der Waals surface area (Å²) in [4.78, 5) is 8.69. The number of nitrogens with zero attached hydrogens (tertiary/aromatic N) is 2. The van der Waals surface area contributed by atoms with E-state index in [-0.39, 0.29) is 0 Å². The van der Waals surface area contributed by atoms with Crippen molar-refractivity contribution < 1.29 is 0 Å². The molecule has 0 saturated heterocycles. The first-order chi connectivity index (χ1) is 8.29. The van der Waals surface area contributed by atoms with Crippen LogP contribution in [0.4, 0.5) is 5.82 Å². The van der Waals surface area contributed by atoms with E-state index in [1.54, 1.807) is 17.8 Å². The maximum atomic E-state index is 5.96. The lowest BCUT2D eigenvalue weighted by Gasteiger charge is -2.06. The molecule has 1 heterocycles. The Labute approximate surface area is 111 Å². The molecule has 0 atom stereocenters. The minimum atomic E-state index is 0.515. The molecule has 90 valence electrons. The lowest BCUT2D eigenvalue weighted by Crippen LogP contribution is -2.07. The van der Waals surface area contributed by atoms with E-state index in [9.17, 15) is 0 Å². The Hall–Kier alpha value is -0.920. The van der Waals surface area contributed by atoms with Crippen LogP contribution < -0.4 is 5.32 Å². The molecule has 5 heteroatoms. The predicted molar refractivity (Wildman–Crippen MR) is 73.7 cm³/mol. The largest absolute Gasteiger partial charge is 0.369 e. The van der Waals surface area contributed by atoms with Crippen LogP contribution in [-0.2, 0) is 0 Å². The molecule has 1 aliphatic rings. The monoisotopic (exact) mass is 267 g/mol. The van der Waals surface area contributed by atoms with Gasteiger partial charge >= 0.3 is 0 Å². The molecule has 17 heavy (non-hydrogen) atoms. The minimum Gasteiger partial charge on any atom is -0.369 e. The Morgan fingerprint density at radius 3 is 3.06 bits per heavy atom. The van der Waals surface area contributed by atoms with Crippen molar-refractivity contribution >= 4 is 29.2 Å². The summed E-state index contributed by atoms with van der Waals surface area (Å²) in [6.07, 6.45) is 7.53. The zero-order valence-corrected chi connectivity index (χ0v) is 11.0. The molecular formula is C12H14ClN3S. The summed E-state index contributed by atoms with van der Waals surface area (Å²) in [5.74, 6) is 6.51. The summed E-state index contributed by atoms with van der Waals surface area (Å²) in [5.41, 5.74) is 0. The molecule has 1 aromatic rings. The van der Waals surface area contributed by atoms with Crippen LogP contribution in [0.25, 0.3) is 0 Å². The number of nitrogens with one attached hydrogen (secondary N) is 1. The number of anilines is 1. The van der Waals surface area contributed by atoms with E-state index >= 15 is 0 Å². The lowest BCUT2D eigenvalue weighted by atomic mass is 10.4. The van der Waals surface area contributed by atoms with Gasteiger partial charge in [0.05, 0.1) is 5.75 Å². The second-order valence-corrected chi connectivity index (χ2v) is 5.38. The number of hydrogen-bond donors (Lipinski definition) is 1. The molecule has 0 radical (unpaired) electrons. The Kier molecular flexibility index (Phi) is 4.52. The average molecular weight is 268 g/mol. The molecule has 0 aromatic carbocycles. The molecule has 0 amide bonds. The maximum Gasteiger partial charge on any atom is 0.135 e. The molecule has 0 aliphatic heterocycles.